The number of nitrogens with zero attached hydrogens (tertiary/aromatic N) is 1. The van der Waals surface area contributed by atoms with Crippen LogP contribution in [0.3, 0.4) is 0 Å². The fourth-order valence-corrected chi connectivity index (χ4v) is 4.95. The van der Waals surface area contributed by atoms with Crippen molar-refractivity contribution >= 4 is 27.8 Å². The molecule has 0 spiro atoms. The van der Waals surface area contributed by atoms with Crippen molar-refractivity contribution in [3.63, 3.8) is 0 Å². The van der Waals surface area contributed by atoms with Crippen LogP contribution in [0.25, 0.3) is 44.2 Å². The van der Waals surface area contributed by atoms with Crippen LogP contribution >= 0.6 is 0 Å². The van der Waals surface area contributed by atoms with Gasteiger partial charge in [-0.1, -0.05) is 133 Å². The summed E-state index contributed by atoms with van der Waals surface area (Å²) in [5, 5.41) is 2.18. The molecule has 0 fully saturated rings. The molecule has 0 N–H and O–H groups in total. The largest absolute Gasteiger partial charge is 0.310 e. The SMILES string of the molecule is [2H]c1c([2H])c([2H])c(-c2c([2H])c([2H])c(N(c3ccc(-c4ccccc4)cc3)c3cccc(-c4ccc5ccccc5c4)c3)c([2H])c2[2H])c([2H])c1[2H]. The van der Waals surface area contributed by atoms with Gasteiger partial charge in [0.05, 0.1) is 12.3 Å². The molecule has 0 saturated heterocycles. The monoisotopic (exact) mass is 532 g/mol. The molecular weight excluding hydrogens is 494 g/mol. The van der Waals surface area contributed by atoms with Gasteiger partial charge in [0.2, 0.25) is 0 Å². The quantitative estimate of drug-likeness (QED) is 0.206. The Morgan fingerprint density at radius 1 is 0.341 bits per heavy atom. The zero-order valence-electron chi connectivity index (χ0n) is 31.0. The summed E-state index contributed by atoms with van der Waals surface area (Å²) in [5.74, 6) is 0. The molecule has 7 rings (SSSR count). The second-order valence-corrected chi connectivity index (χ2v) is 9.58. The summed E-state index contributed by atoms with van der Waals surface area (Å²) in [6.45, 7) is 0. The zero-order chi connectivity index (χ0) is 35.3. The van der Waals surface area contributed by atoms with Crippen LogP contribution in [0, 0.1) is 0 Å². The summed E-state index contributed by atoms with van der Waals surface area (Å²) in [6, 6.07) is 34.4. The van der Waals surface area contributed by atoms with Crippen LogP contribution < -0.4 is 4.90 Å². The van der Waals surface area contributed by atoms with Crippen LogP contribution in [-0.4, -0.2) is 0 Å². The lowest BCUT2D eigenvalue weighted by molar-refractivity contribution is 1.28. The normalized spacial score (nSPS) is 14.0. The highest BCUT2D eigenvalue weighted by Crippen LogP contribution is 2.38. The standard InChI is InChI=1S/C40H29N/c1-3-10-30(11-4-1)33-20-24-38(25-21-33)41(39-26-22-34(23-27-39)31-12-5-2-6-13-31)40-17-9-16-36(29-40)37-19-18-32-14-7-8-15-35(32)28-37/h1-29H/i1D,3D,4D,10D,11D,20D,21D,24D,25D. The Kier molecular flexibility index (Phi) is 4.46. The molecule has 1 nitrogen and oxygen atoms in total. The Balaban J connectivity index is 1.45. The predicted octanol–water partition coefficient (Wildman–Crippen LogP) is 11.3. The van der Waals surface area contributed by atoms with Gasteiger partial charge in [0.15, 0.2) is 0 Å². The maximum Gasteiger partial charge on any atom is 0.0645 e. The van der Waals surface area contributed by atoms with Gasteiger partial charge in [-0.05, 0) is 86.6 Å². The number of hydrogen-bond acceptors (Lipinski definition) is 1. The number of rotatable bonds is 6. The van der Waals surface area contributed by atoms with Crippen molar-refractivity contribution in [1.29, 1.82) is 0 Å². The van der Waals surface area contributed by atoms with E-state index in [2.05, 4.69) is 12.1 Å². The fourth-order valence-electron chi connectivity index (χ4n) is 4.95. The third-order valence-electron chi connectivity index (χ3n) is 7.01. The van der Waals surface area contributed by atoms with Crippen molar-refractivity contribution in [2.75, 3.05) is 4.90 Å². The molecular formula is C40H29N. The Bertz CT molecular complexity index is 2370. The van der Waals surface area contributed by atoms with E-state index in [1.165, 1.54) is 0 Å². The number of benzene rings is 7. The van der Waals surface area contributed by atoms with Gasteiger partial charge in [0.1, 0.15) is 0 Å². The van der Waals surface area contributed by atoms with E-state index in [0.717, 1.165) is 33.0 Å². The molecule has 194 valence electrons. The molecule has 7 aromatic rings. The summed E-state index contributed by atoms with van der Waals surface area (Å²) in [6.07, 6.45) is 0. The molecule has 0 radical (unpaired) electrons. The molecule has 0 saturated carbocycles. The van der Waals surface area contributed by atoms with E-state index in [9.17, 15) is 2.74 Å². The minimum Gasteiger partial charge on any atom is -0.310 e. The Morgan fingerprint density at radius 2 is 0.951 bits per heavy atom. The minimum absolute atomic E-state index is 0.0424. The molecule has 7 aromatic carbocycles. The molecule has 0 aliphatic rings. The van der Waals surface area contributed by atoms with Crippen LogP contribution in [-0.2, 0) is 0 Å². The molecule has 0 aliphatic carbocycles. The second-order valence-electron chi connectivity index (χ2n) is 9.58. The first-order chi connectivity index (χ1) is 24.1. The lowest BCUT2D eigenvalue weighted by Gasteiger charge is -2.26. The van der Waals surface area contributed by atoms with E-state index < -0.39 is 54.4 Å². The molecule has 0 atom stereocenters. The van der Waals surface area contributed by atoms with Gasteiger partial charge in [-0.2, -0.15) is 0 Å². The van der Waals surface area contributed by atoms with Gasteiger partial charge >= 0.3 is 0 Å². The van der Waals surface area contributed by atoms with Gasteiger partial charge in [0.25, 0.3) is 0 Å². The van der Waals surface area contributed by atoms with E-state index in [1.54, 1.807) is 4.90 Å². The lowest BCUT2D eigenvalue weighted by atomic mass is 10.00. The molecule has 41 heavy (non-hydrogen) atoms. The lowest BCUT2D eigenvalue weighted by Crippen LogP contribution is -2.10. The highest BCUT2D eigenvalue weighted by Gasteiger charge is 2.14. The van der Waals surface area contributed by atoms with Gasteiger partial charge in [-0.15, -0.1) is 0 Å². The van der Waals surface area contributed by atoms with Gasteiger partial charge in [0, 0.05) is 17.1 Å². The average Bonchev–Trinajstić information content (AvgIpc) is 3.15. The van der Waals surface area contributed by atoms with Crippen molar-refractivity contribution in [1.82, 2.24) is 0 Å². The highest BCUT2D eigenvalue weighted by molar-refractivity contribution is 5.88. The Hall–Kier alpha value is -5.40. The first-order valence-electron chi connectivity index (χ1n) is 17.8. The second kappa shape index (κ2) is 11.0. The van der Waals surface area contributed by atoms with Gasteiger partial charge in [-0.3, -0.25) is 0 Å². The van der Waals surface area contributed by atoms with Gasteiger partial charge in [-0.25, -0.2) is 0 Å². The number of hydrogen-bond donors (Lipinski definition) is 0. The summed E-state index contributed by atoms with van der Waals surface area (Å²) in [5.41, 5.74) is 4.19. The van der Waals surface area contributed by atoms with Crippen molar-refractivity contribution in [2.45, 2.75) is 0 Å². The van der Waals surface area contributed by atoms with Crippen LogP contribution in [0.15, 0.2) is 176 Å². The summed E-state index contributed by atoms with van der Waals surface area (Å²) in [7, 11) is 0. The van der Waals surface area contributed by atoms with E-state index in [0.29, 0.717) is 11.4 Å². The zero-order valence-corrected chi connectivity index (χ0v) is 22.0. The van der Waals surface area contributed by atoms with Crippen LogP contribution in [0.2, 0.25) is 0 Å². The van der Waals surface area contributed by atoms with Crippen molar-refractivity contribution in [3.8, 4) is 33.4 Å². The minimum atomic E-state index is -0.618. The smallest absolute Gasteiger partial charge is 0.0645 e. The maximum absolute atomic E-state index is 9.24. The molecule has 0 heterocycles. The molecule has 0 amide bonds. The summed E-state index contributed by atoms with van der Waals surface area (Å²) in [4.78, 5) is 1.67. The van der Waals surface area contributed by atoms with E-state index in [-0.39, 0.29) is 16.8 Å². The van der Waals surface area contributed by atoms with Crippen molar-refractivity contribution in [2.24, 2.45) is 0 Å². The maximum atomic E-state index is 9.24. The Morgan fingerprint density at radius 3 is 1.73 bits per heavy atom. The molecule has 1 heteroatoms. The summed E-state index contributed by atoms with van der Waals surface area (Å²) < 4.78 is 77.9. The van der Waals surface area contributed by atoms with Crippen molar-refractivity contribution in [3.05, 3.63) is 176 Å². The third kappa shape index (κ3) is 5.14. The molecule has 0 aliphatic heterocycles. The van der Waals surface area contributed by atoms with Crippen LogP contribution in [0.5, 0.6) is 0 Å². The van der Waals surface area contributed by atoms with Crippen molar-refractivity contribution < 1.29 is 12.3 Å². The number of fused-ring (bicyclic) bond motifs is 1. The average molecular weight is 533 g/mol. The molecule has 0 aromatic heterocycles. The van der Waals surface area contributed by atoms with Gasteiger partial charge < -0.3 is 4.90 Å². The molecule has 0 bridgehead atoms. The third-order valence-corrected chi connectivity index (χ3v) is 7.01. The fraction of sp³-hybridized carbons (Fsp3) is 0. The topological polar surface area (TPSA) is 3.24 Å². The highest BCUT2D eigenvalue weighted by atomic mass is 15.1. The van der Waals surface area contributed by atoms with E-state index in [1.807, 2.05) is 109 Å². The molecule has 0 unspecified atom stereocenters. The van der Waals surface area contributed by atoms with E-state index in [4.69, 9.17) is 9.60 Å². The summed E-state index contributed by atoms with van der Waals surface area (Å²) >= 11 is 0. The van der Waals surface area contributed by atoms with E-state index >= 15 is 0 Å². The van der Waals surface area contributed by atoms with Crippen LogP contribution in [0.1, 0.15) is 12.3 Å². The predicted molar refractivity (Wildman–Crippen MR) is 175 cm³/mol. The Labute approximate surface area is 254 Å². The first-order valence-corrected chi connectivity index (χ1v) is 13.3. The van der Waals surface area contributed by atoms with Crippen LogP contribution in [0.4, 0.5) is 17.1 Å². The first kappa shape index (κ1) is 16.6. The number of anilines is 3.